The highest BCUT2D eigenvalue weighted by Gasteiger charge is 2.21. The topological polar surface area (TPSA) is 68.7 Å². The molecule has 1 aromatic heterocycles. The molecule has 0 spiro atoms. The van der Waals surface area contributed by atoms with Gasteiger partial charge in [0.1, 0.15) is 11.6 Å². The van der Waals surface area contributed by atoms with Crippen LogP contribution < -0.4 is 9.64 Å². The van der Waals surface area contributed by atoms with Crippen molar-refractivity contribution in [3.63, 3.8) is 0 Å². The number of carbonyl (C=O) groups excluding carboxylic acids is 2. The van der Waals surface area contributed by atoms with Gasteiger partial charge >= 0.3 is 5.97 Å². The highest BCUT2D eigenvalue weighted by Crippen LogP contribution is 2.29. The summed E-state index contributed by atoms with van der Waals surface area (Å²) in [5.74, 6) is 0.918. The summed E-state index contributed by atoms with van der Waals surface area (Å²) in [6.45, 7) is 6.37. The Morgan fingerprint density at radius 1 is 0.786 bits per heavy atom. The van der Waals surface area contributed by atoms with Crippen molar-refractivity contribution in [1.29, 1.82) is 0 Å². The molecule has 4 aromatic carbocycles. The molecular weight excluding hydrogens is 524 g/mol. The van der Waals surface area contributed by atoms with Crippen molar-refractivity contribution in [3.8, 4) is 16.9 Å². The van der Waals surface area contributed by atoms with Crippen LogP contribution in [0.15, 0.2) is 103 Å². The van der Waals surface area contributed by atoms with Crippen LogP contribution in [0.5, 0.6) is 5.75 Å². The average molecular weight is 561 g/mol. The number of nitrogens with zero attached hydrogens (tertiary/aromatic N) is 2. The van der Waals surface area contributed by atoms with Gasteiger partial charge in [0.05, 0.1) is 32.7 Å². The van der Waals surface area contributed by atoms with Crippen LogP contribution in [-0.4, -0.2) is 31.1 Å². The number of anilines is 1. The molecule has 0 fully saturated rings. The lowest BCUT2D eigenvalue weighted by molar-refractivity contribution is -0.118. The quantitative estimate of drug-likeness (QED) is 0.181. The van der Waals surface area contributed by atoms with E-state index in [9.17, 15) is 9.59 Å². The molecule has 0 aliphatic carbocycles. The van der Waals surface area contributed by atoms with Crippen molar-refractivity contribution in [1.82, 2.24) is 4.98 Å². The lowest BCUT2D eigenvalue weighted by Crippen LogP contribution is -2.32. The van der Waals surface area contributed by atoms with E-state index in [-0.39, 0.29) is 12.3 Å². The number of amides is 1. The Bertz CT molecular complexity index is 1660. The van der Waals surface area contributed by atoms with E-state index in [1.165, 1.54) is 7.11 Å². The van der Waals surface area contributed by atoms with Gasteiger partial charge in [-0.15, -0.1) is 0 Å². The molecule has 1 amide bonds. The number of hydrogen-bond donors (Lipinski definition) is 0. The molecule has 42 heavy (non-hydrogen) atoms. The van der Waals surface area contributed by atoms with Gasteiger partial charge in [-0.3, -0.25) is 9.69 Å². The van der Waals surface area contributed by atoms with Gasteiger partial charge in [-0.05, 0) is 76.5 Å². The summed E-state index contributed by atoms with van der Waals surface area (Å²) in [4.78, 5) is 32.2. The van der Waals surface area contributed by atoms with Gasteiger partial charge in [-0.25, -0.2) is 9.78 Å². The van der Waals surface area contributed by atoms with Crippen molar-refractivity contribution in [3.05, 3.63) is 126 Å². The maximum absolute atomic E-state index is 13.8. The van der Waals surface area contributed by atoms with Crippen molar-refractivity contribution in [2.75, 3.05) is 19.1 Å². The molecule has 0 saturated carbocycles. The van der Waals surface area contributed by atoms with E-state index in [1.54, 1.807) is 30.3 Å². The number of pyridine rings is 1. The van der Waals surface area contributed by atoms with Gasteiger partial charge in [0.15, 0.2) is 0 Å². The number of fused-ring (bicyclic) bond motifs is 1. The van der Waals surface area contributed by atoms with E-state index < -0.39 is 5.97 Å². The van der Waals surface area contributed by atoms with Crippen molar-refractivity contribution in [2.45, 2.75) is 33.7 Å². The Labute approximate surface area is 247 Å². The molecule has 0 N–H and O–H groups in total. The Kier molecular flexibility index (Phi) is 10.1. The number of hydrogen-bond acceptors (Lipinski definition) is 5. The summed E-state index contributed by atoms with van der Waals surface area (Å²) >= 11 is 0. The van der Waals surface area contributed by atoms with E-state index in [0.717, 1.165) is 44.3 Å². The Hall–Kier alpha value is -4.97. The number of methoxy groups -OCH3 is 2. The van der Waals surface area contributed by atoms with Crippen LogP contribution in [0.3, 0.4) is 0 Å². The molecule has 5 aromatic rings. The number of rotatable bonds is 8. The van der Waals surface area contributed by atoms with Crippen LogP contribution >= 0.6 is 0 Å². The molecule has 1 heterocycles. The van der Waals surface area contributed by atoms with Crippen molar-refractivity contribution < 1.29 is 19.1 Å². The lowest BCUT2D eigenvalue weighted by Gasteiger charge is -2.24. The molecule has 0 aliphatic rings. The smallest absolute Gasteiger partial charge is 0.337 e. The second-order valence-electron chi connectivity index (χ2n) is 9.59. The molecular formula is C36H36N2O4. The second kappa shape index (κ2) is 14.1. The molecule has 0 aliphatic heterocycles. The Morgan fingerprint density at radius 3 is 2.17 bits per heavy atom. The number of aromatic nitrogens is 1. The number of aryl methyl sites for hydroxylation is 1. The minimum Gasteiger partial charge on any atom is -0.496 e. The third-order valence-electron chi connectivity index (χ3n) is 6.94. The minimum atomic E-state index is -0.413. The Balaban J connectivity index is 0.00000198. The molecule has 0 bridgehead atoms. The van der Waals surface area contributed by atoms with Gasteiger partial charge in [0, 0.05) is 11.6 Å². The van der Waals surface area contributed by atoms with Gasteiger partial charge in [0.2, 0.25) is 5.91 Å². The molecule has 0 unspecified atom stereocenters. The third-order valence-corrected chi connectivity index (χ3v) is 6.94. The van der Waals surface area contributed by atoms with Crippen LogP contribution in [0.25, 0.3) is 21.9 Å². The largest absolute Gasteiger partial charge is 0.496 e. The minimum absolute atomic E-state index is 0.0712. The summed E-state index contributed by atoms with van der Waals surface area (Å²) in [7, 11) is 3.03. The first-order chi connectivity index (χ1) is 20.5. The van der Waals surface area contributed by atoms with Gasteiger partial charge < -0.3 is 9.47 Å². The molecule has 0 radical (unpaired) electrons. The van der Waals surface area contributed by atoms with Gasteiger partial charge in [-0.1, -0.05) is 74.5 Å². The van der Waals surface area contributed by atoms with Crippen LogP contribution in [0.4, 0.5) is 5.82 Å². The maximum Gasteiger partial charge on any atom is 0.337 e. The van der Waals surface area contributed by atoms with E-state index in [2.05, 4.69) is 23.2 Å². The van der Waals surface area contributed by atoms with Crippen LogP contribution in [0, 0.1) is 6.92 Å². The predicted octanol–water partition coefficient (Wildman–Crippen LogP) is 7.81. The summed E-state index contributed by atoms with van der Waals surface area (Å²) in [5.41, 5.74) is 5.59. The Morgan fingerprint density at radius 2 is 1.50 bits per heavy atom. The van der Waals surface area contributed by atoms with Crippen LogP contribution in [-0.2, 0) is 22.5 Å². The first-order valence-electron chi connectivity index (χ1n) is 14.0. The fourth-order valence-corrected chi connectivity index (χ4v) is 4.81. The van der Waals surface area contributed by atoms with Gasteiger partial charge in [0.25, 0.3) is 0 Å². The fourth-order valence-electron chi connectivity index (χ4n) is 4.81. The summed E-state index contributed by atoms with van der Waals surface area (Å²) < 4.78 is 10.3. The molecule has 6 nitrogen and oxygen atoms in total. The summed E-state index contributed by atoms with van der Waals surface area (Å²) in [6, 6.07) is 31.1. The normalized spacial score (nSPS) is 10.4. The molecule has 5 rings (SSSR count). The predicted molar refractivity (Wildman–Crippen MR) is 169 cm³/mol. The highest BCUT2D eigenvalue weighted by atomic mass is 16.5. The first kappa shape index (κ1) is 30.0. The van der Waals surface area contributed by atoms with Crippen molar-refractivity contribution in [2.24, 2.45) is 0 Å². The average Bonchev–Trinajstić information content (AvgIpc) is 3.04. The monoisotopic (exact) mass is 560 g/mol. The highest BCUT2D eigenvalue weighted by molar-refractivity contribution is 6.04. The number of carbonyl (C=O) groups is 2. The zero-order chi connectivity index (χ0) is 30.1. The first-order valence-corrected chi connectivity index (χ1v) is 14.0. The van der Waals surface area contributed by atoms with E-state index in [0.29, 0.717) is 17.9 Å². The zero-order valence-corrected chi connectivity index (χ0v) is 24.8. The fraction of sp³-hybridized carbons (Fsp3) is 0.194. The lowest BCUT2D eigenvalue weighted by atomic mass is 10.0. The molecule has 0 atom stereocenters. The maximum atomic E-state index is 13.8. The van der Waals surface area contributed by atoms with Crippen LogP contribution in [0.2, 0.25) is 0 Å². The standard InChI is InChI=1S/C34H30N2O4.C2H6/c1-23-19-27(14-16-31(23)39-2)26-11-9-25(10-12-26)22-36(32(37)20-24-7-5-4-6-8-24)33-30-15-13-29(34(38)40-3)21-28(30)17-18-35-33;1-2/h4-19,21H,20,22H2,1-3H3;1-2H3. The number of benzene rings is 4. The molecule has 6 heteroatoms. The summed E-state index contributed by atoms with van der Waals surface area (Å²) in [6.07, 6.45) is 1.90. The number of ether oxygens (including phenoxy) is 2. The van der Waals surface area contributed by atoms with Crippen molar-refractivity contribution >= 4 is 28.5 Å². The van der Waals surface area contributed by atoms with E-state index in [4.69, 9.17) is 9.47 Å². The number of esters is 1. The third kappa shape index (κ3) is 6.84. The van der Waals surface area contributed by atoms with Gasteiger partial charge in [-0.2, -0.15) is 0 Å². The van der Waals surface area contributed by atoms with E-state index in [1.807, 2.05) is 87.5 Å². The second-order valence-corrected chi connectivity index (χ2v) is 9.59. The molecule has 214 valence electrons. The summed E-state index contributed by atoms with van der Waals surface area (Å²) in [5, 5.41) is 1.58. The zero-order valence-electron chi connectivity index (χ0n) is 24.8. The van der Waals surface area contributed by atoms with E-state index >= 15 is 0 Å². The SMILES string of the molecule is CC.COC(=O)c1ccc2c(N(Cc3ccc(-c4ccc(OC)c(C)c4)cc3)C(=O)Cc3ccccc3)nccc2c1. The van der Waals surface area contributed by atoms with Crippen LogP contribution in [0.1, 0.15) is 40.9 Å². The molecule has 0 saturated heterocycles.